The van der Waals surface area contributed by atoms with Crippen molar-refractivity contribution in [2.24, 2.45) is 0 Å². The summed E-state index contributed by atoms with van der Waals surface area (Å²) in [6.45, 7) is 0. The van der Waals surface area contributed by atoms with Crippen molar-refractivity contribution in [3.8, 4) is 11.8 Å². The lowest BCUT2D eigenvalue weighted by atomic mass is 10.1. The van der Waals surface area contributed by atoms with Crippen LogP contribution < -0.4 is 10.1 Å². The van der Waals surface area contributed by atoms with Crippen molar-refractivity contribution in [1.29, 1.82) is 5.26 Å². The number of amides is 1. The Kier molecular flexibility index (Phi) is 5.53. The number of hydrogen-bond acceptors (Lipinski definition) is 5. The number of nitrogens with zero attached hydrogens (tertiary/aromatic N) is 2. The lowest BCUT2D eigenvalue weighted by molar-refractivity contribution is -0.274. The van der Waals surface area contributed by atoms with E-state index in [1.807, 2.05) is 0 Å². The minimum absolute atomic E-state index is 0.140. The van der Waals surface area contributed by atoms with Crippen LogP contribution in [0.4, 0.5) is 18.3 Å². The van der Waals surface area contributed by atoms with Crippen molar-refractivity contribution in [2.75, 3.05) is 5.32 Å². The minimum atomic E-state index is -4.80. The summed E-state index contributed by atoms with van der Waals surface area (Å²) >= 11 is 6.75. The van der Waals surface area contributed by atoms with Crippen LogP contribution in [0.5, 0.6) is 5.75 Å². The van der Waals surface area contributed by atoms with Gasteiger partial charge in [-0.1, -0.05) is 35.1 Å². The van der Waals surface area contributed by atoms with Crippen LogP contribution in [0.15, 0.2) is 48.0 Å². The number of carbonyl (C=O) groups is 1. The topological polar surface area (TPSA) is 75.0 Å². The van der Waals surface area contributed by atoms with Crippen molar-refractivity contribution in [1.82, 2.24) is 4.98 Å². The van der Waals surface area contributed by atoms with E-state index < -0.39 is 12.3 Å². The van der Waals surface area contributed by atoms with E-state index in [2.05, 4.69) is 15.0 Å². The van der Waals surface area contributed by atoms with Gasteiger partial charge in [0.15, 0.2) is 5.13 Å². The molecule has 0 bridgehead atoms. The SMILES string of the molecule is N#C/C(=C\c1ccc(Cl)cc1)C(=O)Nc1nc2ccc(OC(F)(F)F)cc2s1. The van der Waals surface area contributed by atoms with E-state index in [1.54, 1.807) is 30.3 Å². The number of carbonyl (C=O) groups excluding carboxylic acids is 1. The second kappa shape index (κ2) is 7.88. The quantitative estimate of drug-likeness (QED) is 0.450. The Balaban J connectivity index is 1.80. The number of nitriles is 1. The zero-order chi connectivity index (χ0) is 20.3. The van der Waals surface area contributed by atoms with Crippen molar-refractivity contribution >= 4 is 50.3 Å². The van der Waals surface area contributed by atoms with Gasteiger partial charge >= 0.3 is 6.36 Å². The fourth-order valence-corrected chi connectivity index (χ4v) is 3.21. The molecule has 0 saturated heterocycles. The van der Waals surface area contributed by atoms with Gasteiger partial charge in [0, 0.05) is 11.1 Å². The molecule has 0 radical (unpaired) electrons. The Morgan fingerprint density at radius 3 is 2.61 bits per heavy atom. The number of anilines is 1. The zero-order valence-electron chi connectivity index (χ0n) is 13.7. The largest absolute Gasteiger partial charge is 0.573 e. The Labute approximate surface area is 165 Å². The van der Waals surface area contributed by atoms with Crippen LogP contribution in [-0.4, -0.2) is 17.3 Å². The number of rotatable bonds is 4. The number of benzene rings is 2. The summed E-state index contributed by atoms with van der Waals surface area (Å²) in [4.78, 5) is 16.4. The molecule has 2 aromatic carbocycles. The lowest BCUT2D eigenvalue weighted by Crippen LogP contribution is -2.16. The second-order valence-corrected chi connectivity index (χ2v) is 6.84. The summed E-state index contributed by atoms with van der Waals surface area (Å²) < 4.78 is 41.2. The molecule has 0 aliphatic carbocycles. The minimum Gasteiger partial charge on any atom is -0.406 e. The fraction of sp³-hybridized carbons (Fsp3) is 0.0556. The maximum absolute atomic E-state index is 12.3. The summed E-state index contributed by atoms with van der Waals surface area (Å²) in [5.74, 6) is -1.08. The van der Waals surface area contributed by atoms with Gasteiger partial charge in [-0.25, -0.2) is 4.98 Å². The van der Waals surface area contributed by atoms with Gasteiger partial charge in [0.2, 0.25) is 0 Å². The normalized spacial score (nSPS) is 11.9. The van der Waals surface area contributed by atoms with Gasteiger partial charge in [-0.3, -0.25) is 10.1 Å². The third kappa shape index (κ3) is 5.00. The Morgan fingerprint density at radius 2 is 1.96 bits per heavy atom. The maximum atomic E-state index is 12.3. The summed E-state index contributed by atoms with van der Waals surface area (Å²) in [5.41, 5.74) is 0.826. The molecular weight excluding hydrogens is 415 g/mol. The standard InChI is InChI=1S/C18H9ClF3N3O2S/c19-12-3-1-10(2-4-12)7-11(9-23)16(26)25-17-24-14-6-5-13(8-15(14)28-17)27-18(20,21)22/h1-8H,(H,24,25,26)/b11-7+. The van der Waals surface area contributed by atoms with Gasteiger partial charge in [-0.15, -0.1) is 13.2 Å². The molecule has 142 valence electrons. The molecule has 1 amide bonds. The van der Waals surface area contributed by atoms with E-state index in [1.165, 1.54) is 18.2 Å². The average Bonchev–Trinajstić information content (AvgIpc) is 3.01. The van der Waals surface area contributed by atoms with E-state index >= 15 is 0 Å². The summed E-state index contributed by atoms with van der Waals surface area (Å²) in [7, 11) is 0. The predicted molar refractivity (Wildman–Crippen MR) is 100.0 cm³/mol. The first-order chi connectivity index (χ1) is 13.2. The molecule has 0 aliphatic heterocycles. The average molecular weight is 424 g/mol. The Bertz CT molecular complexity index is 1100. The predicted octanol–water partition coefficient (Wildman–Crippen LogP) is 5.39. The lowest BCUT2D eigenvalue weighted by Gasteiger charge is -2.07. The summed E-state index contributed by atoms with van der Waals surface area (Å²) in [5, 5.41) is 12.4. The molecule has 1 N–H and O–H groups in total. The molecule has 0 saturated carbocycles. The van der Waals surface area contributed by atoms with E-state index in [0.29, 0.717) is 20.8 Å². The monoisotopic (exact) mass is 423 g/mol. The van der Waals surface area contributed by atoms with E-state index in [9.17, 15) is 23.2 Å². The van der Waals surface area contributed by atoms with Crippen LogP contribution in [0.25, 0.3) is 16.3 Å². The number of hydrogen-bond donors (Lipinski definition) is 1. The molecular formula is C18H9ClF3N3O2S. The smallest absolute Gasteiger partial charge is 0.406 e. The van der Waals surface area contributed by atoms with E-state index in [4.69, 9.17) is 11.6 Å². The molecule has 0 spiro atoms. The highest BCUT2D eigenvalue weighted by Gasteiger charge is 2.31. The number of halogens is 4. The highest BCUT2D eigenvalue weighted by molar-refractivity contribution is 7.22. The van der Waals surface area contributed by atoms with Crippen molar-refractivity contribution in [3.63, 3.8) is 0 Å². The molecule has 1 heterocycles. The van der Waals surface area contributed by atoms with Gasteiger partial charge in [-0.05, 0) is 35.9 Å². The van der Waals surface area contributed by atoms with Gasteiger partial charge < -0.3 is 4.74 Å². The van der Waals surface area contributed by atoms with Crippen molar-refractivity contribution in [2.45, 2.75) is 6.36 Å². The van der Waals surface area contributed by atoms with Gasteiger partial charge in [0.05, 0.1) is 10.2 Å². The van der Waals surface area contributed by atoms with Crippen LogP contribution in [0.3, 0.4) is 0 Å². The number of alkyl halides is 3. The first-order valence-electron chi connectivity index (χ1n) is 7.58. The Morgan fingerprint density at radius 1 is 1.25 bits per heavy atom. The number of aromatic nitrogens is 1. The molecule has 0 atom stereocenters. The summed E-state index contributed by atoms with van der Waals surface area (Å²) in [6, 6.07) is 12.0. The number of nitrogens with one attached hydrogen (secondary N) is 1. The molecule has 5 nitrogen and oxygen atoms in total. The van der Waals surface area contributed by atoms with Gasteiger partial charge in [-0.2, -0.15) is 5.26 Å². The third-order valence-electron chi connectivity index (χ3n) is 3.36. The third-order valence-corrected chi connectivity index (χ3v) is 4.55. The number of thiazole rings is 1. The summed E-state index contributed by atoms with van der Waals surface area (Å²) in [6.07, 6.45) is -3.42. The van der Waals surface area contributed by atoms with Crippen molar-refractivity contribution in [3.05, 3.63) is 58.6 Å². The van der Waals surface area contributed by atoms with Gasteiger partial charge in [0.1, 0.15) is 17.4 Å². The van der Waals surface area contributed by atoms with Gasteiger partial charge in [0.25, 0.3) is 5.91 Å². The van der Waals surface area contributed by atoms with Crippen LogP contribution >= 0.6 is 22.9 Å². The first-order valence-corrected chi connectivity index (χ1v) is 8.78. The first kappa shape index (κ1) is 19.7. The molecule has 0 aliphatic rings. The van der Waals surface area contributed by atoms with Crippen LogP contribution in [0.2, 0.25) is 5.02 Å². The number of ether oxygens (including phenoxy) is 1. The van der Waals surface area contributed by atoms with E-state index in [0.717, 1.165) is 17.4 Å². The molecule has 0 fully saturated rings. The molecule has 1 aromatic heterocycles. The Hall–Kier alpha value is -3.09. The highest BCUT2D eigenvalue weighted by Crippen LogP contribution is 2.31. The fourth-order valence-electron chi connectivity index (χ4n) is 2.19. The second-order valence-electron chi connectivity index (χ2n) is 5.37. The molecule has 0 unspecified atom stereocenters. The van der Waals surface area contributed by atoms with Crippen LogP contribution in [0.1, 0.15) is 5.56 Å². The van der Waals surface area contributed by atoms with Crippen LogP contribution in [0, 0.1) is 11.3 Å². The maximum Gasteiger partial charge on any atom is 0.573 e. The number of fused-ring (bicyclic) bond motifs is 1. The zero-order valence-corrected chi connectivity index (χ0v) is 15.3. The van der Waals surface area contributed by atoms with Crippen molar-refractivity contribution < 1.29 is 22.7 Å². The van der Waals surface area contributed by atoms with E-state index in [-0.39, 0.29) is 16.5 Å². The molecule has 28 heavy (non-hydrogen) atoms. The molecule has 3 aromatic rings. The molecule has 3 rings (SSSR count). The van der Waals surface area contributed by atoms with Crippen LogP contribution in [-0.2, 0) is 4.79 Å². The molecule has 10 heteroatoms. The highest BCUT2D eigenvalue weighted by atomic mass is 35.5.